The summed E-state index contributed by atoms with van der Waals surface area (Å²) in [7, 11) is 0. The monoisotopic (exact) mass is 346 g/mol. The number of aromatic nitrogens is 1. The highest BCUT2D eigenvalue weighted by Gasteiger charge is 2.11. The molecular weight excluding hydrogens is 335 g/mol. The molecule has 0 aliphatic rings. The predicted octanol–water partition coefficient (Wildman–Crippen LogP) is 4.78. The van der Waals surface area contributed by atoms with Crippen LogP contribution in [-0.2, 0) is 11.2 Å². The molecule has 2 aromatic carbocycles. The topological polar surface area (TPSA) is 42.0 Å². The number of carbonyl (C=O) groups excluding carboxylic acids is 1. The zero-order valence-electron chi connectivity index (χ0n) is 11.9. The van der Waals surface area contributed by atoms with Gasteiger partial charge in [0.2, 0.25) is 5.91 Å². The molecule has 0 unspecified atom stereocenters. The lowest BCUT2D eigenvalue weighted by Gasteiger charge is -2.06. The lowest BCUT2D eigenvalue weighted by molar-refractivity contribution is -0.115. The second kappa shape index (κ2) is 6.89. The van der Waals surface area contributed by atoms with Crippen molar-refractivity contribution in [1.29, 1.82) is 0 Å². The molecule has 3 nitrogen and oxygen atoms in total. The van der Waals surface area contributed by atoms with E-state index in [0.717, 1.165) is 16.6 Å². The van der Waals surface area contributed by atoms with Crippen molar-refractivity contribution >= 4 is 34.5 Å². The maximum atomic E-state index is 13.0. The second-order valence-electron chi connectivity index (χ2n) is 4.86. The summed E-state index contributed by atoms with van der Waals surface area (Å²) in [6, 6.07) is 13.6. The van der Waals surface area contributed by atoms with Gasteiger partial charge in [-0.05, 0) is 18.2 Å². The average Bonchev–Trinajstić information content (AvgIpc) is 2.99. The molecule has 0 saturated heterocycles. The second-order valence-corrected chi connectivity index (χ2v) is 6.12. The van der Waals surface area contributed by atoms with Gasteiger partial charge in [-0.25, -0.2) is 9.37 Å². The summed E-state index contributed by atoms with van der Waals surface area (Å²) in [6.45, 7) is 0. The number of anilines is 1. The van der Waals surface area contributed by atoms with Crippen LogP contribution < -0.4 is 5.32 Å². The van der Waals surface area contributed by atoms with Crippen molar-refractivity contribution in [2.75, 3.05) is 5.32 Å². The normalized spacial score (nSPS) is 10.5. The quantitative estimate of drug-likeness (QED) is 0.738. The van der Waals surface area contributed by atoms with Crippen LogP contribution in [0.2, 0.25) is 5.02 Å². The molecule has 0 aliphatic heterocycles. The van der Waals surface area contributed by atoms with E-state index in [1.165, 1.54) is 23.5 Å². The fraction of sp³-hybridized carbons (Fsp3) is 0.0588. The molecule has 1 heterocycles. The Bertz CT molecular complexity index is 836. The Kier molecular flexibility index (Phi) is 4.69. The van der Waals surface area contributed by atoms with Crippen LogP contribution in [0.15, 0.2) is 53.9 Å². The molecule has 23 heavy (non-hydrogen) atoms. The molecule has 3 rings (SSSR count). The fourth-order valence-corrected chi connectivity index (χ4v) is 3.09. The van der Waals surface area contributed by atoms with Crippen molar-refractivity contribution in [1.82, 2.24) is 4.98 Å². The number of nitrogens with zero attached hydrogens (tertiary/aromatic N) is 1. The first-order valence-electron chi connectivity index (χ1n) is 6.86. The van der Waals surface area contributed by atoms with E-state index in [1.807, 2.05) is 35.7 Å². The summed E-state index contributed by atoms with van der Waals surface area (Å²) in [6.07, 6.45) is 0.136. The van der Waals surface area contributed by atoms with Gasteiger partial charge in [0.1, 0.15) is 10.8 Å². The lowest BCUT2D eigenvalue weighted by atomic mass is 10.2. The van der Waals surface area contributed by atoms with Crippen molar-refractivity contribution in [3.8, 4) is 10.6 Å². The first-order valence-corrected chi connectivity index (χ1v) is 8.12. The zero-order chi connectivity index (χ0) is 16.2. The molecule has 0 aliphatic carbocycles. The molecule has 0 fully saturated rings. The van der Waals surface area contributed by atoms with Crippen molar-refractivity contribution in [2.45, 2.75) is 6.42 Å². The standard InChI is InChI=1S/C17H12ClFN2OS/c18-14-8-12(19)6-7-15(14)21-16(22)9-13-10-23-17(20-13)11-4-2-1-3-5-11/h1-8,10H,9H2,(H,21,22). The van der Waals surface area contributed by atoms with E-state index in [1.54, 1.807) is 0 Å². The van der Waals surface area contributed by atoms with Gasteiger partial charge in [0.15, 0.2) is 0 Å². The molecule has 0 bridgehead atoms. The summed E-state index contributed by atoms with van der Waals surface area (Å²) < 4.78 is 13.0. The minimum Gasteiger partial charge on any atom is -0.324 e. The first-order chi connectivity index (χ1) is 11.1. The number of hydrogen-bond donors (Lipinski definition) is 1. The van der Waals surface area contributed by atoms with Crippen LogP contribution in [-0.4, -0.2) is 10.9 Å². The van der Waals surface area contributed by atoms with Crippen LogP contribution in [0, 0.1) is 5.82 Å². The van der Waals surface area contributed by atoms with Crippen molar-refractivity contribution in [3.05, 3.63) is 70.4 Å². The number of halogens is 2. The van der Waals surface area contributed by atoms with Gasteiger partial charge in [0.05, 0.1) is 22.8 Å². The predicted molar refractivity (Wildman–Crippen MR) is 91.3 cm³/mol. The van der Waals surface area contributed by atoms with Crippen molar-refractivity contribution in [2.24, 2.45) is 0 Å². The third kappa shape index (κ3) is 3.94. The SMILES string of the molecule is O=C(Cc1csc(-c2ccccc2)n1)Nc1ccc(F)cc1Cl. The fourth-order valence-electron chi connectivity index (χ4n) is 2.05. The third-order valence-electron chi connectivity index (χ3n) is 3.12. The number of rotatable bonds is 4. The van der Waals surface area contributed by atoms with E-state index in [4.69, 9.17) is 11.6 Å². The van der Waals surface area contributed by atoms with Crippen LogP contribution in [0.4, 0.5) is 10.1 Å². The van der Waals surface area contributed by atoms with Crippen LogP contribution >= 0.6 is 22.9 Å². The first kappa shape index (κ1) is 15.6. The van der Waals surface area contributed by atoms with Crippen LogP contribution in [0.1, 0.15) is 5.69 Å². The Morgan fingerprint density at radius 2 is 2.00 bits per heavy atom. The van der Waals surface area contributed by atoms with Gasteiger partial charge in [-0.15, -0.1) is 11.3 Å². The van der Waals surface area contributed by atoms with Crippen LogP contribution in [0.25, 0.3) is 10.6 Å². The van der Waals surface area contributed by atoms with E-state index >= 15 is 0 Å². The minimum absolute atomic E-state index is 0.136. The van der Waals surface area contributed by atoms with Crippen LogP contribution in [0.3, 0.4) is 0 Å². The Hall–Kier alpha value is -2.24. The van der Waals surface area contributed by atoms with Gasteiger partial charge in [-0.3, -0.25) is 4.79 Å². The summed E-state index contributed by atoms with van der Waals surface area (Å²) in [5, 5.41) is 5.55. The van der Waals surface area contributed by atoms with Gasteiger partial charge < -0.3 is 5.32 Å². The molecule has 116 valence electrons. The van der Waals surface area contributed by atoms with Gasteiger partial charge in [-0.1, -0.05) is 41.9 Å². The Morgan fingerprint density at radius 3 is 2.74 bits per heavy atom. The molecule has 1 N–H and O–H groups in total. The number of hydrogen-bond acceptors (Lipinski definition) is 3. The van der Waals surface area contributed by atoms with E-state index < -0.39 is 5.82 Å². The highest BCUT2D eigenvalue weighted by molar-refractivity contribution is 7.13. The maximum Gasteiger partial charge on any atom is 0.230 e. The zero-order valence-corrected chi connectivity index (χ0v) is 13.5. The van der Waals surface area contributed by atoms with Crippen LogP contribution in [0.5, 0.6) is 0 Å². The Morgan fingerprint density at radius 1 is 1.22 bits per heavy atom. The number of thiazole rings is 1. The largest absolute Gasteiger partial charge is 0.324 e. The van der Waals surface area contributed by atoms with Crippen molar-refractivity contribution < 1.29 is 9.18 Å². The molecule has 6 heteroatoms. The van der Waals surface area contributed by atoms with E-state index in [0.29, 0.717) is 11.4 Å². The molecular formula is C17H12ClFN2OS. The molecule has 0 atom stereocenters. The maximum absolute atomic E-state index is 13.0. The highest BCUT2D eigenvalue weighted by atomic mass is 35.5. The van der Waals surface area contributed by atoms with E-state index in [2.05, 4.69) is 10.3 Å². The molecule has 0 spiro atoms. The average molecular weight is 347 g/mol. The number of nitrogens with one attached hydrogen (secondary N) is 1. The summed E-state index contributed by atoms with van der Waals surface area (Å²) in [4.78, 5) is 16.5. The van der Waals surface area contributed by atoms with Crippen molar-refractivity contribution in [3.63, 3.8) is 0 Å². The molecule has 3 aromatic rings. The number of benzene rings is 2. The summed E-state index contributed by atoms with van der Waals surface area (Å²) in [5.74, 6) is -0.691. The van der Waals surface area contributed by atoms with E-state index in [-0.39, 0.29) is 17.4 Å². The van der Waals surface area contributed by atoms with Gasteiger partial charge >= 0.3 is 0 Å². The van der Waals surface area contributed by atoms with Gasteiger partial charge in [-0.2, -0.15) is 0 Å². The van der Waals surface area contributed by atoms with Gasteiger partial charge in [0.25, 0.3) is 0 Å². The molecule has 0 radical (unpaired) electrons. The third-order valence-corrected chi connectivity index (χ3v) is 4.37. The molecule has 1 aromatic heterocycles. The number of carbonyl (C=O) groups is 1. The van der Waals surface area contributed by atoms with Gasteiger partial charge in [0, 0.05) is 10.9 Å². The molecule has 1 amide bonds. The van der Waals surface area contributed by atoms with E-state index in [9.17, 15) is 9.18 Å². The molecule has 0 saturated carbocycles. The Labute approximate surface area is 141 Å². The summed E-state index contributed by atoms with van der Waals surface area (Å²) in [5.41, 5.74) is 2.09. The lowest BCUT2D eigenvalue weighted by Crippen LogP contribution is -2.14. The smallest absolute Gasteiger partial charge is 0.230 e. The Balaban J connectivity index is 1.68. The summed E-state index contributed by atoms with van der Waals surface area (Å²) >= 11 is 7.38. The highest BCUT2D eigenvalue weighted by Crippen LogP contribution is 2.25. The number of amides is 1. The minimum atomic E-state index is -0.444.